The molecule has 0 fully saturated rings. The second-order valence-electron chi connectivity index (χ2n) is 16.2. The largest absolute Gasteiger partial charge is 0.496 e. The van der Waals surface area contributed by atoms with Gasteiger partial charge in [0.2, 0.25) is 0 Å². The molecule has 11 nitrogen and oxygen atoms in total. The zero-order chi connectivity index (χ0) is 47.2. The first-order chi connectivity index (χ1) is 29.8. The van der Waals surface area contributed by atoms with Gasteiger partial charge in [0.25, 0.3) is 0 Å². The van der Waals surface area contributed by atoms with Crippen LogP contribution in [0.3, 0.4) is 0 Å². The van der Waals surface area contributed by atoms with Crippen molar-refractivity contribution in [3.63, 3.8) is 0 Å². The molecule has 336 valence electrons. The van der Waals surface area contributed by atoms with Crippen LogP contribution < -0.4 is 19.9 Å². The van der Waals surface area contributed by atoms with E-state index in [1.807, 2.05) is 97.7 Å². The maximum Gasteiger partial charge on any atom is 0.338 e. The van der Waals surface area contributed by atoms with Crippen LogP contribution in [0.5, 0.6) is 17.2 Å². The van der Waals surface area contributed by atoms with Crippen LogP contribution in [0.4, 0.5) is 5.13 Å². The Labute approximate surface area is 376 Å². The predicted molar refractivity (Wildman–Crippen MR) is 258 cm³/mol. The van der Waals surface area contributed by atoms with E-state index in [9.17, 15) is 4.79 Å². The van der Waals surface area contributed by atoms with Crippen molar-refractivity contribution < 1.29 is 38.1 Å². The van der Waals surface area contributed by atoms with Gasteiger partial charge in [-0.2, -0.15) is 0 Å². The molecule has 0 aliphatic heterocycles. The number of hydrogen-bond acceptors (Lipinski definition) is 12. The van der Waals surface area contributed by atoms with Crippen molar-refractivity contribution in [3.05, 3.63) is 138 Å². The number of aldehydes is 1. The van der Waals surface area contributed by atoms with E-state index in [1.165, 1.54) is 40.0 Å². The van der Waals surface area contributed by atoms with Gasteiger partial charge in [-0.1, -0.05) is 72.0 Å². The van der Waals surface area contributed by atoms with E-state index < -0.39 is 5.60 Å². The van der Waals surface area contributed by atoms with Crippen LogP contribution in [-0.2, 0) is 25.5 Å². The van der Waals surface area contributed by atoms with Crippen LogP contribution in [0.1, 0.15) is 81.9 Å². The third kappa shape index (κ3) is 18.6. The highest BCUT2D eigenvalue weighted by atomic mass is 32.1. The Morgan fingerprint density at radius 1 is 0.825 bits per heavy atom. The summed E-state index contributed by atoms with van der Waals surface area (Å²) < 4.78 is 29.0. The third-order valence-corrected chi connectivity index (χ3v) is 9.65. The number of nitrogens with zero attached hydrogens (tertiary/aromatic N) is 1. The fourth-order valence-electron chi connectivity index (χ4n) is 6.15. The van der Waals surface area contributed by atoms with Gasteiger partial charge in [-0.25, -0.2) is 9.78 Å². The molecule has 0 atom stereocenters. The summed E-state index contributed by atoms with van der Waals surface area (Å²) in [5, 5.41) is 10.5. The number of methoxy groups -OCH3 is 2. The maximum atomic E-state index is 12.3. The number of aryl methyl sites for hydroxylation is 1. The van der Waals surface area contributed by atoms with E-state index in [2.05, 4.69) is 54.9 Å². The second kappa shape index (κ2) is 25.5. The molecule has 3 N–H and O–H groups in total. The molecule has 12 heteroatoms. The number of esters is 1. The van der Waals surface area contributed by atoms with Gasteiger partial charge in [0.15, 0.2) is 5.13 Å². The summed E-state index contributed by atoms with van der Waals surface area (Å²) >= 11 is 1.53. The zero-order valence-corrected chi connectivity index (χ0v) is 39.1. The molecule has 6 rings (SSSR count). The number of anilines is 1. The number of thiazole rings is 1. The number of carbonyl (C=O) groups is 3. The first kappa shape index (κ1) is 52.8. The number of rotatable bonds is 13. The van der Waals surface area contributed by atoms with Gasteiger partial charge in [-0.05, 0) is 127 Å². The number of benzene rings is 5. The van der Waals surface area contributed by atoms with E-state index in [0.29, 0.717) is 46.9 Å². The molecule has 1 heterocycles. The van der Waals surface area contributed by atoms with Crippen LogP contribution >= 0.6 is 11.3 Å². The summed E-state index contributed by atoms with van der Waals surface area (Å²) in [4.78, 5) is 33.7. The number of ether oxygens (including phenoxy) is 5. The number of carbonyl (C=O) groups excluding carboxylic acids is 3. The molecule has 0 saturated carbocycles. The van der Waals surface area contributed by atoms with Crippen molar-refractivity contribution in [3.8, 4) is 17.2 Å². The topological polar surface area (TPSA) is 160 Å². The quantitative estimate of drug-likeness (QED) is 0.0494. The highest BCUT2D eigenvalue weighted by Crippen LogP contribution is 2.31. The number of allylic oxidation sites excluding steroid dienone is 1. The summed E-state index contributed by atoms with van der Waals surface area (Å²) in [7, 11) is 3.26. The molecule has 63 heavy (non-hydrogen) atoms. The van der Waals surface area contributed by atoms with E-state index in [4.69, 9.17) is 44.4 Å². The Morgan fingerprint density at radius 3 is 2.00 bits per heavy atom. The highest BCUT2D eigenvalue weighted by Gasteiger charge is 2.30. The van der Waals surface area contributed by atoms with Crippen LogP contribution in [0.2, 0.25) is 0 Å². The maximum absolute atomic E-state index is 12.3. The van der Waals surface area contributed by atoms with Gasteiger partial charge in [0, 0.05) is 37.1 Å². The molecule has 0 spiro atoms. The van der Waals surface area contributed by atoms with Crippen LogP contribution in [0, 0.1) is 12.3 Å². The molecule has 0 aliphatic carbocycles. The first-order valence-corrected chi connectivity index (χ1v) is 21.0. The minimum Gasteiger partial charge on any atom is -0.496 e. The number of nitrogens with one attached hydrogen (secondary N) is 1. The lowest BCUT2D eigenvalue weighted by Crippen LogP contribution is -2.38. The fourth-order valence-corrected chi connectivity index (χ4v) is 6.90. The number of aromatic nitrogens is 1. The molecular formula is C51H63N3O8S. The first-order valence-electron chi connectivity index (χ1n) is 20.2. The van der Waals surface area contributed by atoms with Gasteiger partial charge in [-0.3, -0.25) is 4.79 Å². The minimum atomic E-state index is -0.421. The molecule has 1 aromatic heterocycles. The lowest BCUT2D eigenvalue weighted by molar-refractivity contribution is -0.104. The minimum absolute atomic E-state index is 0.102. The molecule has 0 aliphatic rings. The normalized spacial score (nSPS) is 10.8. The lowest BCUT2D eigenvalue weighted by Gasteiger charge is -2.34. The Balaban J connectivity index is 0.000000348. The van der Waals surface area contributed by atoms with Gasteiger partial charge in [0.1, 0.15) is 41.5 Å². The van der Waals surface area contributed by atoms with Crippen LogP contribution in [0.15, 0.2) is 116 Å². The van der Waals surface area contributed by atoms with Crippen LogP contribution in [-0.4, -0.2) is 67.9 Å². The van der Waals surface area contributed by atoms with E-state index >= 15 is 0 Å². The predicted octanol–water partition coefficient (Wildman–Crippen LogP) is 11.5. The average molecular weight is 878 g/mol. The van der Waals surface area contributed by atoms with Crippen LogP contribution in [0.25, 0.3) is 21.0 Å². The third-order valence-electron chi connectivity index (χ3n) is 8.80. The fraction of sp³-hybridized carbons (Fsp3) is 0.314. The summed E-state index contributed by atoms with van der Waals surface area (Å²) in [6.45, 7) is 21.6. The summed E-state index contributed by atoms with van der Waals surface area (Å²) in [5.41, 5.74) is 9.28. The molecule has 5 aromatic carbocycles. The summed E-state index contributed by atoms with van der Waals surface area (Å²) in [6, 6.07) is 33.1. The Morgan fingerprint density at radius 2 is 1.43 bits per heavy atom. The van der Waals surface area contributed by atoms with Crippen molar-refractivity contribution in [1.82, 2.24) is 4.98 Å². The molecule has 0 radical (unpaired) electrons. The monoisotopic (exact) mass is 877 g/mol. The van der Waals surface area contributed by atoms with E-state index in [0.717, 1.165) is 21.5 Å². The number of nitrogen functional groups attached to an aromatic ring is 1. The Bertz CT molecular complexity index is 2340. The highest BCUT2D eigenvalue weighted by molar-refractivity contribution is 7.22. The number of nitrogens with two attached hydrogens (primary N) is 1. The smallest absolute Gasteiger partial charge is 0.338 e. The molecule has 0 amide bonds. The van der Waals surface area contributed by atoms with E-state index in [-0.39, 0.29) is 23.8 Å². The van der Waals surface area contributed by atoms with Crippen molar-refractivity contribution >= 4 is 62.7 Å². The SMILES string of the molecule is C=CC=O.C=O.COc1ccc(CCOC(=O)c2ccc(OC(C)(C)CC(C)(C)OC)cc2)cc1C=N.Cc1ccc(OC(C)(C)C)cc1.Nc1nc2c(ccc3ccccc32)s1. The standard InChI is InChI=1S/C25H33NO5.C11H8N2S.C11H16O.C3H4O.CH2O/c1-24(2,29-6)17-25(3,4)31-21-10-8-19(9-11-21)23(27)30-14-13-18-7-12-22(28-5)20(15-18)16-26;12-11-13-10-8-4-2-1-3-7(8)5-6-9(10)14-11;1-9-5-7-10(8-6-9)12-11(2,3)4;1-2-3-4;1-2/h7-12,15-16,26H,13-14,17H2,1-6H3;1-6H,(H2,12,13);5-8H,1-4H3;2-3H,1H2;1H2. The molecule has 6 aromatic rings. The Kier molecular flexibility index (Phi) is 21.4. The van der Waals surface area contributed by atoms with Crippen molar-refractivity contribution in [2.75, 3.05) is 26.6 Å². The van der Waals surface area contributed by atoms with Crippen molar-refractivity contribution in [1.29, 1.82) is 5.41 Å². The van der Waals surface area contributed by atoms with Gasteiger partial charge < -0.3 is 39.6 Å². The van der Waals surface area contributed by atoms with Gasteiger partial charge in [-0.15, -0.1) is 0 Å². The lowest BCUT2D eigenvalue weighted by atomic mass is 9.92. The van der Waals surface area contributed by atoms with Gasteiger partial charge in [0.05, 0.1) is 35.1 Å². The average Bonchev–Trinajstić information content (AvgIpc) is 3.65. The summed E-state index contributed by atoms with van der Waals surface area (Å²) in [6.07, 6.45) is 4.35. The van der Waals surface area contributed by atoms with E-state index in [1.54, 1.807) is 38.5 Å². The summed E-state index contributed by atoms with van der Waals surface area (Å²) in [5.74, 6) is 1.89. The van der Waals surface area contributed by atoms with Crippen molar-refractivity contribution in [2.45, 2.75) is 85.0 Å². The molecule has 0 bridgehead atoms. The van der Waals surface area contributed by atoms with Gasteiger partial charge >= 0.3 is 5.97 Å². The number of fused-ring (bicyclic) bond motifs is 3. The second-order valence-corrected chi connectivity index (χ2v) is 17.3. The number of hydrogen-bond donors (Lipinski definition) is 2. The molecular weight excluding hydrogens is 815 g/mol. The van der Waals surface area contributed by atoms with Crippen molar-refractivity contribution in [2.24, 2.45) is 0 Å². The molecule has 0 saturated heterocycles. The molecule has 0 unspecified atom stereocenters. The Hall–Kier alpha value is -6.37. The zero-order valence-electron chi connectivity index (χ0n) is 38.3.